The number of benzene rings is 3. The molecule has 6 heteroatoms. The SMILES string of the molecule is Cc1cc(NC(=O)Cc2cccc(F)c2Cl)ccc1COc1ccc(C#N)cc1. The third kappa shape index (κ3) is 5.34. The maximum Gasteiger partial charge on any atom is 0.228 e. The van der Waals surface area contributed by atoms with Gasteiger partial charge in [-0.3, -0.25) is 4.79 Å². The lowest BCUT2D eigenvalue weighted by Crippen LogP contribution is -2.15. The number of halogens is 2. The summed E-state index contributed by atoms with van der Waals surface area (Å²) in [5.41, 5.74) is 3.59. The zero-order valence-electron chi connectivity index (χ0n) is 15.7. The van der Waals surface area contributed by atoms with Crippen LogP contribution >= 0.6 is 11.6 Å². The first-order valence-electron chi connectivity index (χ1n) is 8.91. The van der Waals surface area contributed by atoms with Gasteiger partial charge in [-0.2, -0.15) is 5.26 Å². The van der Waals surface area contributed by atoms with Crippen molar-refractivity contribution in [1.29, 1.82) is 5.26 Å². The Morgan fingerprint density at radius 3 is 2.59 bits per heavy atom. The first-order valence-corrected chi connectivity index (χ1v) is 9.29. The fraction of sp³-hybridized carbons (Fsp3) is 0.130. The lowest BCUT2D eigenvalue weighted by atomic mass is 10.1. The fourth-order valence-electron chi connectivity index (χ4n) is 2.79. The molecule has 29 heavy (non-hydrogen) atoms. The minimum Gasteiger partial charge on any atom is -0.489 e. The molecule has 0 aliphatic rings. The number of ether oxygens (including phenoxy) is 1. The molecule has 4 nitrogen and oxygen atoms in total. The molecule has 3 aromatic carbocycles. The molecule has 0 spiro atoms. The maximum atomic E-state index is 13.5. The Morgan fingerprint density at radius 2 is 1.90 bits per heavy atom. The second-order valence-electron chi connectivity index (χ2n) is 6.50. The Labute approximate surface area is 173 Å². The van der Waals surface area contributed by atoms with Gasteiger partial charge in [-0.25, -0.2) is 4.39 Å². The Hall–Kier alpha value is -3.36. The molecule has 0 fully saturated rings. The van der Waals surface area contributed by atoms with E-state index in [1.165, 1.54) is 12.1 Å². The molecule has 0 atom stereocenters. The molecule has 146 valence electrons. The molecule has 0 saturated heterocycles. The van der Waals surface area contributed by atoms with E-state index in [1.807, 2.05) is 19.1 Å². The van der Waals surface area contributed by atoms with Crippen LogP contribution in [0.3, 0.4) is 0 Å². The molecule has 0 aliphatic carbocycles. The Balaban J connectivity index is 1.60. The van der Waals surface area contributed by atoms with Crippen molar-refractivity contribution in [2.75, 3.05) is 5.32 Å². The molecule has 0 saturated carbocycles. The number of rotatable bonds is 6. The van der Waals surface area contributed by atoms with E-state index >= 15 is 0 Å². The predicted octanol–water partition coefficient (Wildman–Crippen LogP) is 5.42. The average molecular weight is 409 g/mol. The Kier molecular flexibility index (Phi) is 6.48. The van der Waals surface area contributed by atoms with Crippen LogP contribution in [0.1, 0.15) is 22.3 Å². The van der Waals surface area contributed by atoms with Crippen LogP contribution in [0.15, 0.2) is 60.7 Å². The van der Waals surface area contributed by atoms with E-state index in [9.17, 15) is 9.18 Å². The summed E-state index contributed by atoms with van der Waals surface area (Å²) in [7, 11) is 0. The molecule has 1 N–H and O–H groups in total. The minimum atomic E-state index is -0.542. The summed E-state index contributed by atoms with van der Waals surface area (Å²) in [6.45, 7) is 2.29. The molecule has 3 aromatic rings. The van der Waals surface area contributed by atoms with Crippen molar-refractivity contribution in [2.24, 2.45) is 0 Å². The molecule has 0 aliphatic heterocycles. The zero-order chi connectivity index (χ0) is 20.8. The monoisotopic (exact) mass is 408 g/mol. The molecule has 0 unspecified atom stereocenters. The summed E-state index contributed by atoms with van der Waals surface area (Å²) >= 11 is 5.90. The summed E-state index contributed by atoms with van der Waals surface area (Å²) in [6.07, 6.45) is -0.0147. The predicted molar refractivity (Wildman–Crippen MR) is 110 cm³/mol. The number of hydrogen-bond acceptors (Lipinski definition) is 3. The topological polar surface area (TPSA) is 62.1 Å². The normalized spacial score (nSPS) is 10.3. The standard InChI is InChI=1S/C23H18ClFN2O2/c1-15-11-19(27-22(28)12-17-3-2-4-21(25)23(17)24)8-7-18(15)14-29-20-9-5-16(13-26)6-10-20/h2-11H,12,14H2,1H3,(H,27,28). The summed E-state index contributed by atoms with van der Waals surface area (Å²) in [5.74, 6) is -0.148. The number of nitriles is 1. The summed E-state index contributed by atoms with van der Waals surface area (Å²) in [6, 6.07) is 18.9. The van der Waals surface area contributed by atoms with Gasteiger partial charge in [-0.15, -0.1) is 0 Å². The molecular weight excluding hydrogens is 391 g/mol. The lowest BCUT2D eigenvalue weighted by Gasteiger charge is -2.12. The van der Waals surface area contributed by atoms with Gasteiger partial charge >= 0.3 is 0 Å². The number of amides is 1. The van der Waals surface area contributed by atoms with Gasteiger partial charge in [0.2, 0.25) is 5.91 Å². The van der Waals surface area contributed by atoms with Crippen LogP contribution in [0.5, 0.6) is 5.75 Å². The second-order valence-corrected chi connectivity index (χ2v) is 6.88. The molecule has 0 bridgehead atoms. The number of hydrogen-bond donors (Lipinski definition) is 1. The van der Waals surface area contributed by atoms with E-state index in [-0.39, 0.29) is 17.4 Å². The molecule has 0 radical (unpaired) electrons. The van der Waals surface area contributed by atoms with Crippen LogP contribution in [0.4, 0.5) is 10.1 Å². The zero-order valence-corrected chi connectivity index (χ0v) is 16.5. The number of carbonyl (C=O) groups is 1. The van der Waals surface area contributed by atoms with E-state index in [4.69, 9.17) is 21.6 Å². The largest absolute Gasteiger partial charge is 0.489 e. The molecule has 0 aromatic heterocycles. The van der Waals surface area contributed by atoms with Crippen LogP contribution in [-0.2, 0) is 17.8 Å². The number of anilines is 1. The van der Waals surface area contributed by atoms with Crippen molar-refractivity contribution in [3.05, 3.63) is 93.8 Å². The number of nitrogens with zero attached hydrogens (tertiary/aromatic N) is 1. The van der Waals surface area contributed by atoms with Gasteiger partial charge < -0.3 is 10.1 Å². The highest BCUT2D eigenvalue weighted by Gasteiger charge is 2.11. The van der Waals surface area contributed by atoms with E-state index in [2.05, 4.69) is 11.4 Å². The van der Waals surface area contributed by atoms with Crippen molar-refractivity contribution in [3.63, 3.8) is 0 Å². The lowest BCUT2D eigenvalue weighted by molar-refractivity contribution is -0.115. The van der Waals surface area contributed by atoms with Gasteiger partial charge in [0.1, 0.15) is 18.2 Å². The molecule has 3 rings (SSSR count). The highest BCUT2D eigenvalue weighted by Crippen LogP contribution is 2.22. The van der Waals surface area contributed by atoms with E-state index < -0.39 is 5.82 Å². The quantitative estimate of drug-likeness (QED) is 0.592. The summed E-state index contributed by atoms with van der Waals surface area (Å²) < 4.78 is 19.2. The Bertz CT molecular complexity index is 1080. The van der Waals surface area contributed by atoms with Crippen molar-refractivity contribution < 1.29 is 13.9 Å². The van der Waals surface area contributed by atoms with E-state index in [0.717, 1.165) is 11.1 Å². The van der Waals surface area contributed by atoms with E-state index in [1.54, 1.807) is 36.4 Å². The highest BCUT2D eigenvalue weighted by atomic mass is 35.5. The van der Waals surface area contributed by atoms with Gasteiger partial charge in [0.05, 0.1) is 23.1 Å². The fourth-order valence-corrected chi connectivity index (χ4v) is 2.98. The number of nitrogens with one attached hydrogen (secondary N) is 1. The van der Waals surface area contributed by atoms with Gasteiger partial charge in [0.25, 0.3) is 0 Å². The summed E-state index contributed by atoms with van der Waals surface area (Å²) in [4.78, 5) is 12.3. The Morgan fingerprint density at radius 1 is 1.14 bits per heavy atom. The van der Waals surface area contributed by atoms with Crippen LogP contribution < -0.4 is 10.1 Å². The van der Waals surface area contributed by atoms with Crippen molar-refractivity contribution in [1.82, 2.24) is 0 Å². The molecule has 1 amide bonds. The maximum absolute atomic E-state index is 13.5. The van der Waals surface area contributed by atoms with Crippen LogP contribution in [-0.4, -0.2) is 5.91 Å². The summed E-state index contributed by atoms with van der Waals surface area (Å²) in [5, 5.41) is 11.6. The van der Waals surface area contributed by atoms with Gasteiger partial charge in [0.15, 0.2) is 0 Å². The van der Waals surface area contributed by atoms with Crippen LogP contribution in [0, 0.1) is 24.1 Å². The van der Waals surface area contributed by atoms with Crippen molar-refractivity contribution in [2.45, 2.75) is 20.0 Å². The first kappa shape index (κ1) is 20.4. The van der Waals surface area contributed by atoms with Crippen LogP contribution in [0.25, 0.3) is 0 Å². The van der Waals surface area contributed by atoms with Gasteiger partial charge in [-0.1, -0.05) is 29.8 Å². The van der Waals surface area contributed by atoms with Crippen molar-refractivity contribution >= 4 is 23.2 Å². The third-order valence-electron chi connectivity index (χ3n) is 4.39. The smallest absolute Gasteiger partial charge is 0.228 e. The second kappa shape index (κ2) is 9.22. The van der Waals surface area contributed by atoms with E-state index in [0.29, 0.717) is 29.2 Å². The number of aryl methyl sites for hydroxylation is 1. The molecular formula is C23H18ClFN2O2. The average Bonchev–Trinajstić information content (AvgIpc) is 2.71. The highest BCUT2D eigenvalue weighted by molar-refractivity contribution is 6.31. The first-order chi connectivity index (χ1) is 14.0. The van der Waals surface area contributed by atoms with Gasteiger partial charge in [-0.05, 0) is 66.1 Å². The minimum absolute atomic E-state index is 0.0147. The van der Waals surface area contributed by atoms with Gasteiger partial charge in [0, 0.05) is 5.69 Å². The number of carbonyl (C=O) groups excluding carboxylic acids is 1. The van der Waals surface area contributed by atoms with Crippen LogP contribution in [0.2, 0.25) is 5.02 Å². The third-order valence-corrected chi connectivity index (χ3v) is 4.81. The molecule has 0 heterocycles. The van der Waals surface area contributed by atoms with Crippen molar-refractivity contribution in [3.8, 4) is 11.8 Å².